The highest BCUT2D eigenvalue weighted by molar-refractivity contribution is 6.02. The molecule has 1 aromatic carbocycles. The van der Waals surface area contributed by atoms with E-state index in [1.54, 1.807) is 0 Å². The van der Waals surface area contributed by atoms with Gasteiger partial charge in [0, 0.05) is 0 Å². The van der Waals surface area contributed by atoms with E-state index in [9.17, 15) is 20.1 Å². The minimum Gasteiger partial charge on any atom is -1.00 e. The summed E-state index contributed by atoms with van der Waals surface area (Å²) in [6.07, 6.45) is -1.21. The highest BCUT2D eigenvalue weighted by Gasteiger charge is 2.26. The summed E-state index contributed by atoms with van der Waals surface area (Å²) in [5.41, 5.74) is -0.0639. The van der Waals surface area contributed by atoms with E-state index in [0.29, 0.717) is 4.48 Å². The summed E-state index contributed by atoms with van der Waals surface area (Å²) in [4.78, 5) is 11.9. The second-order valence-electron chi connectivity index (χ2n) is 5.03. The van der Waals surface area contributed by atoms with Crippen LogP contribution in [0.1, 0.15) is 10.4 Å². The molecule has 0 bridgehead atoms. The average Bonchev–Trinajstić information content (AvgIpc) is 2.18. The second-order valence-corrected chi connectivity index (χ2v) is 5.03. The molecule has 3 N–H and O–H groups in total. The Labute approximate surface area is 123 Å². The van der Waals surface area contributed by atoms with E-state index in [1.807, 2.05) is 21.1 Å². The number of para-hydroxylation sites is 1. The first kappa shape index (κ1) is 17.1. The summed E-state index contributed by atoms with van der Waals surface area (Å²) in [7, 11) is 5.54. The quantitative estimate of drug-likeness (QED) is 0.235. The first-order valence-corrected chi connectivity index (χ1v) is 5.26. The number of hydrogen-bond donors (Lipinski definition) is 3. The summed E-state index contributed by atoms with van der Waals surface area (Å²) in [5, 5.41) is 28.6. The molecular formula is C12H18INO4. The largest absolute Gasteiger partial charge is 1.00 e. The van der Waals surface area contributed by atoms with Crippen LogP contribution >= 0.6 is 0 Å². The third-order valence-electron chi connectivity index (χ3n) is 2.30. The molecule has 0 aliphatic carbocycles. The van der Waals surface area contributed by atoms with Crippen LogP contribution in [0.4, 0.5) is 0 Å². The fraction of sp³-hybridized carbons (Fsp3) is 0.417. The topological polar surface area (TPSA) is 77.8 Å². The van der Waals surface area contributed by atoms with Crippen molar-refractivity contribution in [2.75, 3.05) is 27.7 Å². The molecule has 0 amide bonds. The van der Waals surface area contributed by atoms with Gasteiger partial charge in [0.05, 0.1) is 26.7 Å². The minimum atomic E-state index is -1.21. The Bertz CT molecular complexity index is 429. The molecule has 0 saturated carbocycles. The first-order chi connectivity index (χ1) is 7.72. The van der Waals surface area contributed by atoms with Crippen LogP contribution in [0.2, 0.25) is 0 Å². The van der Waals surface area contributed by atoms with Crippen LogP contribution < -0.4 is 24.0 Å². The number of rotatable bonds is 4. The number of phenols is 2. The first-order valence-electron chi connectivity index (χ1n) is 5.26. The Kier molecular flexibility index (Phi) is 6.05. The number of aliphatic hydroxyl groups is 1. The molecular weight excluding hydrogens is 349 g/mol. The number of aliphatic hydroxyl groups excluding tert-OH is 1. The molecule has 0 aromatic heterocycles. The maximum atomic E-state index is 11.9. The fourth-order valence-corrected chi connectivity index (χ4v) is 1.51. The number of ketones is 1. The molecule has 0 radical (unpaired) electrons. The molecule has 1 aromatic rings. The predicted molar refractivity (Wildman–Crippen MR) is 63.0 cm³/mol. The molecule has 5 nitrogen and oxygen atoms in total. The summed E-state index contributed by atoms with van der Waals surface area (Å²) < 4.78 is 0.423. The van der Waals surface area contributed by atoms with Crippen molar-refractivity contribution in [2.24, 2.45) is 0 Å². The van der Waals surface area contributed by atoms with E-state index in [2.05, 4.69) is 0 Å². The van der Waals surface area contributed by atoms with Crippen molar-refractivity contribution < 1.29 is 48.6 Å². The minimum absolute atomic E-state index is 0. The van der Waals surface area contributed by atoms with Gasteiger partial charge >= 0.3 is 0 Å². The molecule has 1 unspecified atom stereocenters. The van der Waals surface area contributed by atoms with Crippen LogP contribution in [0.5, 0.6) is 11.5 Å². The number of Topliss-reactive ketones (excluding diaryl/α,β-unsaturated/α-hetero) is 1. The average molecular weight is 367 g/mol. The van der Waals surface area contributed by atoms with Crippen molar-refractivity contribution in [1.82, 2.24) is 0 Å². The van der Waals surface area contributed by atoms with Gasteiger partial charge in [-0.25, -0.2) is 0 Å². The molecule has 102 valence electrons. The summed E-state index contributed by atoms with van der Waals surface area (Å²) in [6, 6.07) is 4.09. The standard InChI is InChI=1S/C12H17NO4.HI/c1-13(2,3)7-10(15)12(17)8-5-4-6-9(14)11(8)16;/h4-6,10,15H,7H2,1-3H3,(H-,14,16,17);1H. The van der Waals surface area contributed by atoms with E-state index < -0.39 is 17.6 Å². The Balaban J connectivity index is 0.00000289. The van der Waals surface area contributed by atoms with Crippen LogP contribution in [0.3, 0.4) is 0 Å². The molecule has 0 heterocycles. The zero-order chi connectivity index (χ0) is 13.2. The molecule has 0 fully saturated rings. The molecule has 0 aliphatic rings. The molecule has 0 spiro atoms. The van der Waals surface area contributed by atoms with Crippen LogP contribution in [0.15, 0.2) is 18.2 Å². The lowest BCUT2D eigenvalue weighted by atomic mass is 10.0. The Morgan fingerprint density at radius 3 is 2.33 bits per heavy atom. The predicted octanol–water partition coefficient (Wildman–Crippen LogP) is -2.65. The fourth-order valence-electron chi connectivity index (χ4n) is 1.51. The number of phenolic OH excluding ortho intramolecular Hbond substituents is 2. The number of aromatic hydroxyl groups is 2. The van der Waals surface area contributed by atoms with Crippen molar-refractivity contribution in [2.45, 2.75) is 6.10 Å². The van der Waals surface area contributed by atoms with Crippen molar-refractivity contribution >= 4 is 5.78 Å². The number of benzene rings is 1. The monoisotopic (exact) mass is 367 g/mol. The zero-order valence-corrected chi connectivity index (χ0v) is 12.7. The molecule has 1 rings (SSSR count). The summed E-state index contributed by atoms with van der Waals surface area (Å²) in [5.74, 6) is -1.45. The highest BCUT2D eigenvalue weighted by Crippen LogP contribution is 2.29. The lowest BCUT2D eigenvalue weighted by Gasteiger charge is -2.26. The van der Waals surface area contributed by atoms with Gasteiger partial charge < -0.3 is 43.8 Å². The number of nitrogens with zero attached hydrogens (tertiary/aromatic N) is 1. The van der Waals surface area contributed by atoms with Gasteiger partial charge in [-0.1, -0.05) is 6.07 Å². The molecule has 18 heavy (non-hydrogen) atoms. The zero-order valence-electron chi connectivity index (χ0n) is 10.6. The highest BCUT2D eigenvalue weighted by atomic mass is 127. The van der Waals surface area contributed by atoms with Gasteiger partial charge in [0.25, 0.3) is 0 Å². The molecule has 1 atom stereocenters. The molecule has 0 aliphatic heterocycles. The van der Waals surface area contributed by atoms with Gasteiger partial charge in [-0.15, -0.1) is 0 Å². The molecule has 0 saturated heterocycles. The van der Waals surface area contributed by atoms with E-state index in [-0.39, 0.29) is 41.8 Å². The lowest BCUT2D eigenvalue weighted by molar-refractivity contribution is -0.872. The van der Waals surface area contributed by atoms with Gasteiger partial charge in [-0.2, -0.15) is 0 Å². The number of likely N-dealkylation sites (N-methyl/N-ethyl adjacent to an activating group) is 1. The van der Waals surface area contributed by atoms with E-state index >= 15 is 0 Å². The summed E-state index contributed by atoms with van der Waals surface area (Å²) >= 11 is 0. The van der Waals surface area contributed by atoms with Crippen molar-refractivity contribution in [1.29, 1.82) is 0 Å². The smallest absolute Gasteiger partial charge is 0.200 e. The molecule has 6 heteroatoms. The van der Waals surface area contributed by atoms with Gasteiger partial charge in [0.2, 0.25) is 5.78 Å². The van der Waals surface area contributed by atoms with Crippen LogP contribution in [-0.2, 0) is 0 Å². The van der Waals surface area contributed by atoms with E-state index in [4.69, 9.17) is 0 Å². The maximum absolute atomic E-state index is 11.9. The van der Waals surface area contributed by atoms with E-state index in [0.717, 1.165) is 0 Å². The van der Waals surface area contributed by atoms with E-state index in [1.165, 1.54) is 18.2 Å². The maximum Gasteiger partial charge on any atom is 0.200 e. The number of carbonyl (C=O) groups excluding carboxylic acids is 1. The number of halogens is 1. The summed E-state index contributed by atoms with van der Waals surface area (Å²) in [6.45, 7) is 0.230. The Hall–Kier alpha value is -0.860. The van der Waals surface area contributed by atoms with Gasteiger partial charge in [0.1, 0.15) is 6.54 Å². The van der Waals surface area contributed by atoms with Gasteiger partial charge in [0.15, 0.2) is 17.6 Å². The van der Waals surface area contributed by atoms with Gasteiger partial charge in [-0.05, 0) is 12.1 Å². The van der Waals surface area contributed by atoms with Crippen LogP contribution in [-0.4, -0.2) is 59.4 Å². The third kappa shape index (κ3) is 4.43. The number of carbonyl (C=O) groups is 1. The SMILES string of the molecule is C[N+](C)(C)CC(O)C(=O)c1cccc(O)c1O.[I-]. The number of quaternary nitrogens is 1. The Morgan fingerprint density at radius 2 is 1.83 bits per heavy atom. The third-order valence-corrected chi connectivity index (χ3v) is 2.30. The number of hydrogen-bond acceptors (Lipinski definition) is 4. The lowest BCUT2D eigenvalue weighted by Crippen LogP contribution is -3.00. The normalized spacial score (nSPS) is 12.7. The van der Waals surface area contributed by atoms with Crippen molar-refractivity contribution in [3.8, 4) is 11.5 Å². The Morgan fingerprint density at radius 1 is 1.28 bits per heavy atom. The van der Waals surface area contributed by atoms with Gasteiger partial charge in [-0.3, -0.25) is 4.79 Å². The van der Waals surface area contributed by atoms with Crippen molar-refractivity contribution in [3.63, 3.8) is 0 Å². The second kappa shape index (κ2) is 6.35. The van der Waals surface area contributed by atoms with Crippen molar-refractivity contribution in [3.05, 3.63) is 23.8 Å². The van der Waals surface area contributed by atoms with Crippen LogP contribution in [0.25, 0.3) is 0 Å². The van der Waals surface area contributed by atoms with Crippen LogP contribution in [0, 0.1) is 0 Å².